The highest BCUT2D eigenvalue weighted by atomic mass is 32.2. The Hall–Kier alpha value is -2.76. The fraction of sp³-hybridized carbons (Fsp3) is 0.500. The van der Waals surface area contributed by atoms with E-state index in [4.69, 9.17) is 0 Å². The fourth-order valence-corrected chi connectivity index (χ4v) is 5.00. The molecule has 6 atom stereocenters. The Bertz CT molecular complexity index is 1160. The van der Waals surface area contributed by atoms with Crippen molar-refractivity contribution >= 4 is 34.7 Å². The predicted octanol–water partition coefficient (Wildman–Crippen LogP) is 1.33. The van der Waals surface area contributed by atoms with Gasteiger partial charge in [-0.3, -0.25) is 4.79 Å². The number of benzene rings is 1. The van der Waals surface area contributed by atoms with Crippen LogP contribution in [0.5, 0.6) is 0 Å². The molecular formula is C22H27N7O3S. The summed E-state index contributed by atoms with van der Waals surface area (Å²) in [6.07, 6.45) is 0.797. The number of rotatable bonds is 7. The SMILES string of the molecule is CCNC(=O)[C@@H]1C[C@H](n2nnc3c(NC4CC4c4ccccc4)nc(SC)nc32)[C@@H](O)[C@H]1O. The van der Waals surface area contributed by atoms with Gasteiger partial charge in [0.2, 0.25) is 5.91 Å². The van der Waals surface area contributed by atoms with Crippen molar-refractivity contribution in [3.05, 3.63) is 35.9 Å². The van der Waals surface area contributed by atoms with Gasteiger partial charge in [-0.1, -0.05) is 47.3 Å². The Morgan fingerprint density at radius 1 is 1.18 bits per heavy atom. The normalized spacial score (nSPS) is 28.7. The molecule has 1 aromatic carbocycles. The second-order valence-electron chi connectivity index (χ2n) is 8.55. The number of aliphatic hydroxyl groups excluding tert-OH is 2. The van der Waals surface area contributed by atoms with E-state index >= 15 is 0 Å². The van der Waals surface area contributed by atoms with Gasteiger partial charge < -0.3 is 20.8 Å². The minimum atomic E-state index is -1.18. The van der Waals surface area contributed by atoms with Crippen LogP contribution >= 0.6 is 11.8 Å². The van der Waals surface area contributed by atoms with Crippen molar-refractivity contribution in [1.82, 2.24) is 30.3 Å². The molecule has 5 rings (SSSR count). The van der Waals surface area contributed by atoms with Crippen LogP contribution in [0.3, 0.4) is 0 Å². The summed E-state index contributed by atoms with van der Waals surface area (Å²) in [5.41, 5.74) is 2.27. The van der Waals surface area contributed by atoms with Crippen molar-refractivity contribution in [3.8, 4) is 0 Å². The molecule has 3 aromatic rings. The van der Waals surface area contributed by atoms with Crippen molar-refractivity contribution in [2.24, 2.45) is 5.92 Å². The van der Waals surface area contributed by atoms with Gasteiger partial charge in [0, 0.05) is 18.5 Å². The number of nitrogens with zero attached hydrogens (tertiary/aromatic N) is 5. The van der Waals surface area contributed by atoms with Gasteiger partial charge in [-0.25, -0.2) is 14.6 Å². The molecule has 2 heterocycles. The third kappa shape index (κ3) is 4.04. The lowest BCUT2D eigenvalue weighted by atomic mass is 10.0. The average Bonchev–Trinajstić information content (AvgIpc) is 3.37. The number of fused-ring (bicyclic) bond motifs is 1. The molecule has 0 spiro atoms. The number of hydrogen-bond donors (Lipinski definition) is 4. The van der Waals surface area contributed by atoms with Crippen LogP contribution in [0.4, 0.5) is 5.82 Å². The maximum atomic E-state index is 12.3. The smallest absolute Gasteiger partial charge is 0.225 e. The van der Waals surface area contributed by atoms with E-state index in [-0.39, 0.29) is 18.4 Å². The minimum Gasteiger partial charge on any atom is -0.390 e. The van der Waals surface area contributed by atoms with Crippen molar-refractivity contribution in [1.29, 1.82) is 0 Å². The number of aromatic nitrogens is 5. The van der Waals surface area contributed by atoms with Gasteiger partial charge in [0.25, 0.3) is 0 Å². The molecular weight excluding hydrogens is 442 g/mol. The van der Waals surface area contributed by atoms with Crippen molar-refractivity contribution in [2.75, 3.05) is 18.1 Å². The highest BCUT2D eigenvalue weighted by Gasteiger charge is 2.47. The van der Waals surface area contributed by atoms with E-state index in [2.05, 4.69) is 43.0 Å². The van der Waals surface area contributed by atoms with E-state index in [0.29, 0.717) is 34.6 Å². The van der Waals surface area contributed by atoms with Crippen LogP contribution in [0.1, 0.15) is 37.3 Å². The van der Waals surface area contributed by atoms with Crippen molar-refractivity contribution in [2.45, 2.75) is 55.1 Å². The van der Waals surface area contributed by atoms with Crippen LogP contribution in [0, 0.1) is 5.92 Å². The molecule has 2 saturated carbocycles. The third-order valence-electron chi connectivity index (χ3n) is 6.48. The van der Waals surface area contributed by atoms with Crippen LogP contribution in [0.2, 0.25) is 0 Å². The van der Waals surface area contributed by atoms with Gasteiger partial charge in [-0.05, 0) is 31.6 Å². The predicted molar refractivity (Wildman–Crippen MR) is 124 cm³/mol. The first-order valence-corrected chi connectivity index (χ1v) is 12.4. The lowest BCUT2D eigenvalue weighted by Crippen LogP contribution is -2.38. The number of anilines is 1. The van der Waals surface area contributed by atoms with Crippen LogP contribution in [-0.4, -0.2) is 72.1 Å². The molecule has 2 fully saturated rings. The second kappa shape index (κ2) is 8.88. The average molecular weight is 470 g/mol. The second-order valence-corrected chi connectivity index (χ2v) is 9.33. The maximum absolute atomic E-state index is 12.3. The zero-order valence-corrected chi connectivity index (χ0v) is 19.2. The van der Waals surface area contributed by atoms with E-state index in [9.17, 15) is 15.0 Å². The molecule has 1 amide bonds. The summed E-state index contributed by atoms with van der Waals surface area (Å²) in [6.45, 7) is 2.27. The number of amides is 1. The summed E-state index contributed by atoms with van der Waals surface area (Å²) < 4.78 is 1.52. The Labute approximate surface area is 195 Å². The summed E-state index contributed by atoms with van der Waals surface area (Å²) in [4.78, 5) is 21.5. The third-order valence-corrected chi connectivity index (χ3v) is 7.03. The number of carbonyl (C=O) groups excluding carboxylic acids is 1. The van der Waals surface area contributed by atoms with Gasteiger partial charge in [0.1, 0.15) is 6.10 Å². The minimum absolute atomic E-state index is 0.242. The van der Waals surface area contributed by atoms with Crippen molar-refractivity contribution < 1.29 is 15.0 Å². The topological polar surface area (TPSA) is 138 Å². The fourth-order valence-electron chi connectivity index (χ4n) is 4.64. The molecule has 2 unspecified atom stereocenters. The van der Waals surface area contributed by atoms with E-state index in [1.54, 1.807) is 0 Å². The van der Waals surface area contributed by atoms with Gasteiger partial charge >= 0.3 is 0 Å². The monoisotopic (exact) mass is 469 g/mol. The molecule has 10 nitrogen and oxygen atoms in total. The summed E-state index contributed by atoms with van der Waals surface area (Å²) in [5.74, 6) is 0.0150. The van der Waals surface area contributed by atoms with E-state index < -0.39 is 24.2 Å². The van der Waals surface area contributed by atoms with Gasteiger partial charge in [-0.15, -0.1) is 5.10 Å². The first-order valence-electron chi connectivity index (χ1n) is 11.1. The van der Waals surface area contributed by atoms with Crippen LogP contribution in [0.25, 0.3) is 11.2 Å². The van der Waals surface area contributed by atoms with Gasteiger partial charge in [-0.2, -0.15) is 0 Å². The summed E-state index contributed by atoms with van der Waals surface area (Å²) >= 11 is 1.40. The molecule has 2 aliphatic rings. The van der Waals surface area contributed by atoms with Crippen LogP contribution < -0.4 is 10.6 Å². The van der Waals surface area contributed by atoms with Gasteiger partial charge in [0.05, 0.1) is 18.1 Å². The molecule has 11 heteroatoms. The van der Waals surface area contributed by atoms with Crippen molar-refractivity contribution in [3.63, 3.8) is 0 Å². The molecule has 4 N–H and O–H groups in total. The lowest BCUT2D eigenvalue weighted by molar-refractivity contribution is -0.128. The van der Waals surface area contributed by atoms with Gasteiger partial charge in [0.15, 0.2) is 22.1 Å². The highest BCUT2D eigenvalue weighted by Crippen LogP contribution is 2.43. The van der Waals surface area contributed by atoms with E-state index in [1.165, 1.54) is 22.0 Å². The Morgan fingerprint density at radius 3 is 2.70 bits per heavy atom. The number of aliphatic hydroxyl groups is 2. The quantitative estimate of drug-likeness (QED) is 0.298. The molecule has 174 valence electrons. The molecule has 33 heavy (non-hydrogen) atoms. The molecule has 0 saturated heterocycles. The number of thioether (sulfide) groups is 1. The van der Waals surface area contributed by atoms with E-state index in [0.717, 1.165) is 6.42 Å². The number of hydrogen-bond acceptors (Lipinski definition) is 9. The zero-order valence-electron chi connectivity index (χ0n) is 18.4. The van der Waals surface area contributed by atoms with Crippen LogP contribution in [-0.2, 0) is 4.79 Å². The highest BCUT2D eigenvalue weighted by molar-refractivity contribution is 7.98. The van der Waals surface area contributed by atoms with E-state index in [1.807, 2.05) is 31.4 Å². The molecule has 0 aliphatic heterocycles. The first-order chi connectivity index (χ1) is 16.0. The summed E-state index contributed by atoms with van der Waals surface area (Å²) in [7, 11) is 0. The Kier molecular flexibility index (Phi) is 5.94. The first kappa shape index (κ1) is 22.1. The Morgan fingerprint density at radius 2 is 1.97 bits per heavy atom. The molecule has 0 radical (unpaired) electrons. The summed E-state index contributed by atoms with van der Waals surface area (Å²) in [6, 6.07) is 9.98. The molecule has 0 bridgehead atoms. The largest absolute Gasteiger partial charge is 0.390 e. The lowest BCUT2D eigenvalue weighted by Gasteiger charge is -2.17. The standard InChI is InChI=1S/C22H27N7O3S/c1-3-23-21(32)13-10-15(18(31)17(13)30)29-20-16(27-28-29)19(25-22(26-20)33-2)24-14-9-12(14)11-7-5-4-6-8-11/h4-8,12-15,17-18,30-31H,3,9-10H2,1-2H3,(H,23,32)(H,24,25,26)/t12?,13-,14?,15+,17+,18-/m1/s1. The molecule has 2 aromatic heterocycles. The Balaban J connectivity index is 1.43. The summed E-state index contributed by atoms with van der Waals surface area (Å²) in [5, 5.41) is 36.5. The maximum Gasteiger partial charge on any atom is 0.225 e. The number of nitrogens with one attached hydrogen (secondary N) is 2. The number of carbonyl (C=O) groups is 1. The molecule has 2 aliphatic carbocycles. The zero-order chi connectivity index (χ0) is 23.1. The van der Waals surface area contributed by atoms with Crippen LogP contribution in [0.15, 0.2) is 35.5 Å².